The lowest BCUT2D eigenvalue weighted by molar-refractivity contribution is -0.121. The van der Waals surface area contributed by atoms with E-state index in [1.807, 2.05) is 30.3 Å². The van der Waals surface area contributed by atoms with E-state index in [0.29, 0.717) is 27.0 Å². The quantitative estimate of drug-likeness (QED) is 0.335. The van der Waals surface area contributed by atoms with Crippen molar-refractivity contribution in [2.24, 2.45) is 10.2 Å². The Morgan fingerprint density at radius 2 is 1.88 bits per heavy atom. The van der Waals surface area contributed by atoms with Crippen LogP contribution in [0, 0.1) is 0 Å². The number of thiocarbonyl (C=S) groups is 1. The maximum atomic E-state index is 12.4. The summed E-state index contributed by atoms with van der Waals surface area (Å²) in [4.78, 5) is 14.3. The molecular formula is C19H15N3O2S2. The van der Waals surface area contributed by atoms with Crippen LogP contribution in [0.2, 0.25) is 0 Å². The van der Waals surface area contributed by atoms with E-state index in [-0.39, 0.29) is 11.7 Å². The Hall–Kier alpha value is -2.77. The van der Waals surface area contributed by atoms with Crippen molar-refractivity contribution in [2.75, 3.05) is 6.54 Å². The van der Waals surface area contributed by atoms with Gasteiger partial charge in [-0.1, -0.05) is 48.3 Å². The van der Waals surface area contributed by atoms with E-state index in [4.69, 9.17) is 12.2 Å². The van der Waals surface area contributed by atoms with Crippen LogP contribution in [0.3, 0.4) is 0 Å². The number of carbonyl (C=O) groups excluding carboxylic acids is 1. The second-order valence-corrected chi connectivity index (χ2v) is 7.04. The normalized spacial score (nSPS) is 16.0. The van der Waals surface area contributed by atoms with Crippen LogP contribution >= 0.6 is 24.0 Å². The first-order chi connectivity index (χ1) is 12.6. The summed E-state index contributed by atoms with van der Waals surface area (Å²) in [5, 5.41) is 18.4. The maximum Gasteiger partial charge on any atom is 0.266 e. The predicted octanol–water partition coefficient (Wildman–Crippen LogP) is 5.19. The standard InChI is InChI=1S/C19H15N3O2S2/c1-2-10-22-18(24)17(26-19(22)25)12-13-11-15(8-9-16(13)23)21-20-14-6-4-3-5-7-14/h2-9,11-12,23H,1,10H2/b17-12-,21-20?. The monoisotopic (exact) mass is 381 g/mol. The third-order valence-electron chi connectivity index (χ3n) is 3.52. The minimum absolute atomic E-state index is 0.0534. The Bertz CT molecular complexity index is 924. The van der Waals surface area contributed by atoms with Crippen LogP contribution in [0.15, 0.2) is 76.3 Å². The first kappa shape index (κ1) is 18.0. The molecule has 1 N–H and O–H groups in total. The molecule has 2 aromatic rings. The zero-order valence-corrected chi connectivity index (χ0v) is 15.3. The van der Waals surface area contributed by atoms with Crippen molar-refractivity contribution >= 4 is 51.7 Å². The van der Waals surface area contributed by atoms with Crippen molar-refractivity contribution < 1.29 is 9.90 Å². The highest BCUT2D eigenvalue weighted by Gasteiger charge is 2.31. The number of benzene rings is 2. The van der Waals surface area contributed by atoms with Gasteiger partial charge >= 0.3 is 0 Å². The fraction of sp³-hybridized carbons (Fsp3) is 0.0526. The lowest BCUT2D eigenvalue weighted by Crippen LogP contribution is -2.27. The Kier molecular flexibility index (Phi) is 5.60. The molecule has 0 unspecified atom stereocenters. The van der Waals surface area contributed by atoms with Crippen LogP contribution in [-0.4, -0.2) is 26.8 Å². The van der Waals surface area contributed by atoms with E-state index in [1.54, 1.807) is 24.3 Å². The summed E-state index contributed by atoms with van der Waals surface area (Å²) in [6.45, 7) is 3.99. The molecule has 0 aromatic heterocycles. The zero-order valence-electron chi connectivity index (χ0n) is 13.7. The first-order valence-electron chi connectivity index (χ1n) is 7.74. The number of carbonyl (C=O) groups is 1. The van der Waals surface area contributed by atoms with Gasteiger partial charge < -0.3 is 5.11 Å². The Balaban J connectivity index is 1.87. The molecule has 1 fully saturated rings. The molecule has 0 saturated carbocycles. The SMILES string of the molecule is C=CCN1C(=O)/C(=C/c2cc(N=Nc3ccccc3)ccc2O)SC1=S. The largest absolute Gasteiger partial charge is 0.507 e. The molecule has 0 bridgehead atoms. The second kappa shape index (κ2) is 8.07. The number of aromatic hydroxyl groups is 1. The molecule has 1 saturated heterocycles. The van der Waals surface area contributed by atoms with Gasteiger partial charge in [0.05, 0.1) is 16.3 Å². The summed E-state index contributed by atoms with van der Waals surface area (Å²) < 4.78 is 0.473. The molecule has 2 aromatic carbocycles. The lowest BCUT2D eigenvalue weighted by Gasteiger charge is -2.10. The molecule has 0 radical (unpaired) electrons. The number of amides is 1. The van der Waals surface area contributed by atoms with Crippen LogP contribution in [-0.2, 0) is 4.79 Å². The van der Waals surface area contributed by atoms with E-state index >= 15 is 0 Å². The number of phenols is 1. The van der Waals surface area contributed by atoms with Crippen molar-refractivity contribution in [1.82, 2.24) is 4.90 Å². The zero-order chi connectivity index (χ0) is 18.5. The topological polar surface area (TPSA) is 65.3 Å². The number of rotatable bonds is 5. The molecule has 5 nitrogen and oxygen atoms in total. The van der Waals surface area contributed by atoms with Crippen molar-refractivity contribution in [1.29, 1.82) is 0 Å². The molecule has 0 aliphatic carbocycles. The second-order valence-electron chi connectivity index (χ2n) is 5.36. The fourth-order valence-electron chi connectivity index (χ4n) is 2.26. The van der Waals surface area contributed by atoms with Gasteiger partial charge in [0.2, 0.25) is 0 Å². The third-order valence-corrected chi connectivity index (χ3v) is 4.90. The summed E-state index contributed by atoms with van der Waals surface area (Å²) in [5.41, 5.74) is 1.78. The van der Waals surface area contributed by atoms with E-state index in [2.05, 4.69) is 16.8 Å². The van der Waals surface area contributed by atoms with E-state index in [0.717, 1.165) is 5.69 Å². The summed E-state index contributed by atoms with van der Waals surface area (Å²) >= 11 is 6.41. The summed E-state index contributed by atoms with van der Waals surface area (Å²) in [6, 6.07) is 14.2. The highest BCUT2D eigenvalue weighted by atomic mass is 32.2. The van der Waals surface area contributed by atoms with Crippen LogP contribution in [0.1, 0.15) is 5.56 Å². The van der Waals surface area contributed by atoms with Crippen LogP contribution in [0.25, 0.3) is 6.08 Å². The Labute approximate surface area is 160 Å². The van der Waals surface area contributed by atoms with Crippen molar-refractivity contribution in [3.63, 3.8) is 0 Å². The number of hydrogen-bond donors (Lipinski definition) is 1. The Morgan fingerprint density at radius 1 is 1.15 bits per heavy atom. The Morgan fingerprint density at radius 3 is 2.62 bits per heavy atom. The van der Waals surface area contributed by atoms with E-state index < -0.39 is 0 Å². The maximum absolute atomic E-state index is 12.4. The minimum Gasteiger partial charge on any atom is -0.507 e. The van der Waals surface area contributed by atoms with Gasteiger partial charge in [-0.2, -0.15) is 10.2 Å². The van der Waals surface area contributed by atoms with Crippen LogP contribution in [0.5, 0.6) is 5.75 Å². The molecule has 3 rings (SSSR count). The minimum atomic E-state index is -0.199. The van der Waals surface area contributed by atoms with Gasteiger partial charge in [-0.25, -0.2) is 0 Å². The van der Waals surface area contributed by atoms with Gasteiger partial charge in [0.1, 0.15) is 10.1 Å². The van der Waals surface area contributed by atoms with Crippen LogP contribution in [0.4, 0.5) is 11.4 Å². The molecule has 0 atom stereocenters. The summed E-state index contributed by atoms with van der Waals surface area (Å²) in [7, 11) is 0. The highest BCUT2D eigenvalue weighted by Crippen LogP contribution is 2.35. The van der Waals surface area contributed by atoms with E-state index in [9.17, 15) is 9.90 Å². The molecule has 130 valence electrons. The number of phenolic OH excluding ortho intramolecular Hbond substituents is 1. The lowest BCUT2D eigenvalue weighted by atomic mass is 10.1. The van der Waals surface area contributed by atoms with Crippen molar-refractivity contribution in [3.8, 4) is 5.75 Å². The average molecular weight is 381 g/mol. The van der Waals surface area contributed by atoms with Crippen molar-refractivity contribution in [2.45, 2.75) is 0 Å². The molecular weight excluding hydrogens is 366 g/mol. The average Bonchev–Trinajstić information content (AvgIpc) is 2.91. The van der Waals surface area contributed by atoms with Crippen LogP contribution < -0.4 is 0 Å². The van der Waals surface area contributed by atoms with E-state index in [1.165, 1.54) is 22.7 Å². The molecule has 1 amide bonds. The van der Waals surface area contributed by atoms with Gasteiger partial charge in [-0.3, -0.25) is 9.69 Å². The number of azo groups is 1. The number of hydrogen-bond acceptors (Lipinski definition) is 6. The summed E-state index contributed by atoms with van der Waals surface area (Å²) in [6.07, 6.45) is 3.23. The molecule has 26 heavy (non-hydrogen) atoms. The highest BCUT2D eigenvalue weighted by molar-refractivity contribution is 8.26. The summed E-state index contributed by atoms with van der Waals surface area (Å²) in [5.74, 6) is -0.145. The van der Waals surface area contributed by atoms with Gasteiger partial charge in [0.25, 0.3) is 5.91 Å². The van der Waals surface area contributed by atoms with Gasteiger partial charge in [0, 0.05) is 12.1 Å². The molecule has 1 aliphatic rings. The van der Waals surface area contributed by atoms with Gasteiger partial charge in [-0.15, -0.1) is 6.58 Å². The predicted molar refractivity (Wildman–Crippen MR) is 109 cm³/mol. The fourth-order valence-corrected chi connectivity index (χ4v) is 3.52. The number of nitrogens with zero attached hydrogens (tertiary/aromatic N) is 3. The third kappa shape index (κ3) is 4.07. The molecule has 0 spiro atoms. The van der Waals surface area contributed by atoms with Gasteiger partial charge in [-0.05, 0) is 36.4 Å². The van der Waals surface area contributed by atoms with Crippen molar-refractivity contribution in [3.05, 3.63) is 71.7 Å². The molecule has 7 heteroatoms. The number of thioether (sulfide) groups is 1. The first-order valence-corrected chi connectivity index (χ1v) is 8.97. The molecule has 1 heterocycles. The molecule has 1 aliphatic heterocycles. The van der Waals surface area contributed by atoms with Gasteiger partial charge in [0.15, 0.2) is 0 Å². The smallest absolute Gasteiger partial charge is 0.266 e.